The van der Waals surface area contributed by atoms with Crippen LogP contribution in [0.3, 0.4) is 0 Å². The fourth-order valence-electron chi connectivity index (χ4n) is 3.79. The van der Waals surface area contributed by atoms with Gasteiger partial charge in [0.25, 0.3) is 5.91 Å². The first-order valence-corrected chi connectivity index (χ1v) is 10.9. The third kappa shape index (κ3) is 5.46. The number of anilines is 4. The van der Waals surface area contributed by atoms with Crippen molar-refractivity contribution in [3.63, 3.8) is 0 Å². The third-order valence-electron chi connectivity index (χ3n) is 5.59. The Morgan fingerprint density at radius 3 is 2.25 bits per heavy atom. The summed E-state index contributed by atoms with van der Waals surface area (Å²) in [5.74, 6) is -0.334. The fourth-order valence-corrected chi connectivity index (χ4v) is 3.79. The lowest BCUT2D eigenvalue weighted by Gasteiger charge is -2.18. The summed E-state index contributed by atoms with van der Waals surface area (Å²) >= 11 is 0. The van der Waals surface area contributed by atoms with Gasteiger partial charge in [-0.1, -0.05) is 24.3 Å². The van der Waals surface area contributed by atoms with E-state index >= 15 is 0 Å². The van der Waals surface area contributed by atoms with Crippen LogP contribution in [-0.2, 0) is 4.79 Å². The number of para-hydroxylation sites is 1. The van der Waals surface area contributed by atoms with Crippen LogP contribution in [0.5, 0.6) is 0 Å². The van der Waals surface area contributed by atoms with Gasteiger partial charge in [0.2, 0.25) is 5.91 Å². The average Bonchev–Trinajstić information content (AvgIpc) is 3.35. The summed E-state index contributed by atoms with van der Waals surface area (Å²) < 4.78 is 0. The molecular formula is C26H28N4O2. The Kier molecular flexibility index (Phi) is 6.70. The van der Waals surface area contributed by atoms with Gasteiger partial charge in [0, 0.05) is 41.4 Å². The maximum absolute atomic E-state index is 12.6. The normalized spacial score (nSPS) is 13.0. The van der Waals surface area contributed by atoms with Gasteiger partial charge in [0.05, 0.1) is 6.54 Å². The largest absolute Gasteiger partial charge is 0.376 e. The molecule has 0 aliphatic carbocycles. The molecule has 0 atom stereocenters. The Hall–Kier alpha value is -3.80. The maximum atomic E-state index is 12.6. The molecule has 3 aromatic carbocycles. The Bertz CT molecular complexity index is 1070. The van der Waals surface area contributed by atoms with E-state index in [9.17, 15) is 9.59 Å². The molecule has 1 fully saturated rings. The van der Waals surface area contributed by atoms with Crippen LogP contribution in [0.4, 0.5) is 22.7 Å². The van der Waals surface area contributed by atoms with E-state index in [4.69, 9.17) is 0 Å². The van der Waals surface area contributed by atoms with E-state index in [0.29, 0.717) is 5.56 Å². The van der Waals surface area contributed by atoms with Gasteiger partial charge in [-0.25, -0.2) is 0 Å². The molecule has 3 aromatic rings. The van der Waals surface area contributed by atoms with Crippen LogP contribution in [0.2, 0.25) is 0 Å². The van der Waals surface area contributed by atoms with Crippen molar-refractivity contribution in [3.05, 3.63) is 83.9 Å². The minimum absolute atomic E-state index is 0.110. The monoisotopic (exact) mass is 428 g/mol. The zero-order chi connectivity index (χ0) is 22.3. The SMILES string of the molecule is Cc1ccc(C(=O)Nc2ccccc2)cc1NCC(=O)Nc1ccc(N2CCCC2)cc1. The Morgan fingerprint density at radius 2 is 1.53 bits per heavy atom. The van der Waals surface area contributed by atoms with E-state index in [-0.39, 0.29) is 18.4 Å². The summed E-state index contributed by atoms with van der Waals surface area (Å²) in [6.07, 6.45) is 2.47. The van der Waals surface area contributed by atoms with Crippen molar-refractivity contribution < 1.29 is 9.59 Å². The average molecular weight is 429 g/mol. The molecule has 0 bridgehead atoms. The highest BCUT2D eigenvalue weighted by Gasteiger charge is 2.13. The minimum Gasteiger partial charge on any atom is -0.376 e. The number of hydrogen-bond donors (Lipinski definition) is 3. The van der Waals surface area contributed by atoms with Gasteiger partial charge in [-0.15, -0.1) is 0 Å². The molecule has 164 valence electrons. The van der Waals surface area contributed by atoms with Crippen LogP contribution < -0.4 is 20.9 Å². The molecule has 1 heterocycles. The number of carbonyl (C=O) groups is 2. The van der Waals surface area contributed by atoms with Crippen LogP contribution in [0.15, 0.2) is 72.8 Å². The lowest BCUT2D eigenvalue weighted by molar-refractivity contribution is -0.114. The first-order valence-electron chi connectivity index (χ1n) is 10.9. The van der Waals surface area contributed by atoms with Crippen molar-refractivity contribution in [3.8, 4) is 0 Å². The molecule has 32 heavy (non-hydrogen) atoms. The lowest BCUT2D eigenvalue weighted by atomic mass is 10.1. The number of aryl methyl sites for hydroxylation is 1. The molecule has 6 heteroatoms. The van der Waals surface area contributed by atoms with Crippen molar-refractivity contribution in [2.75, 3.05) is 40.5 Å². The predicted molar refractivity (Wildman–Crippen MR) is 131 cm³/mol. The van der Waals surface area contributed by atoms with Gasteiger partial charge in [-0.05, 0) is 73.9 Å². The molecule has 0 aromatic heterocycles. The van der Waals surface area contributed by atoms with Gasteiger partial charge < -0.3 is 20.9 Å². The molecule has 6 nitrogen and oxygen atoms in total. The van der Waals surface area contributed by atoms with Gasteiger partial charge >= 0.3 is 0 Å². The summed E-state index contributed by atoms with van der Waals surface area (Å²) in [7, 11) is 0. The van der Waals surface area contributed by atoms with Crippen LogP contribution in [-0.4, -0.2) is 31.4 Å². The molecule has 3 N–H and O–H groups in total. The van der Waals surface area contributed by atoms with Crippen molar-refractivity contribution >= 4 is 34.6 Å². The van der Waals surface area contributed by atoms with Crippen molar-refractivity contribution in [1.29, 1.82) is 0 Å². The van der Waals surface area contributed by atoms with E-state index in [1.807, 2.05) is 67.6 Å². The van der Waals surface area contributed by atoms with Gasteiger partial charge in [0.1, 0.15) is 0 Å². The number of rotatable bonds is 7. The van der Waals surface area contributed by atoms with E-state index in [1.165, 1.54) is 18.5 Å². The van der Waals surface area contributed by atoms with Gasteiger partial charge in [-0.3, -0.25) is 9.59 Å². The fraction of sp³-hybridized carbons (Fsp3) is 0.231. The smallest absolute Gasteiger partial charge is 0.255 e. The van der Waals surface area contributed by atoms with E-state index in [0.717, 1.165) is 35.7 Å². The minimum atomic E-state index is -0.193. The second-order valence-electron chi connectivity index (χ2n) is 7.99. The molecule has 1 aliphatic rings. The second-order valence-corrected chi connectivity index (χ2v) is 7.99. The standard InChI is InChI=1S/C26H28N4O2/c1-19-9-10-20(26(32)29-21-7-3-2-4-8-21)17-24(19)27-18-25(31)28-22-11-13-23(14-12-22)30-15-5-6-16-30/h2-4,7-14,17,27H,5-6,15-16,18H2,1H3,(H,28,31)(H,29,32). The number of nitrogens with zero attached hydrogens (tertiary/aromatic N) is 1. The predicted octanol–water partition coefficient (Wildman–Crippen LogP) is 4.90. The van der Waals surface area contributed by atoms with Gasteiger partial charge in [-0.2, -0.15) is 0 Å². The molecule has 1 saturated heterocycles. The second kappa shape index (κ2) is 10.0. The highest BCUT2D eigenvalue weighted by molar-refractivity contribution is 6.05. The maximum Gasteiger partial charge on any atom is 0.255 e. The number of carbonyl (C=O) groups excluding carboxylic acids is 2. The van der Waals surface area contributed by atoms with Crippen LogP contribution >= 0.6 is 0 Å². The number of amides is 2. The number of hydrogen-bond acceptors (Lipinski definition) is 4. The first-order chi connectivity index (χ1) is 15.6. The molecule has 0 radical (unpaired) electrons. The van der Waals surface area contributed by atoms with E-state index < -0.39 is 0 Å². The number of nitrogens with one attached hydrogen (secondary N) is 3. The molecule has 0 unspecified atom stereocenters. The van der Waals surface area contributed by atoms with E-state index in [1.54, 1.807) is 12.1 Å². The topological polar surface area (TPSA) is 73.5 Å². The highest BCUT2D eigenvalue weighted by Crippen LogP contribution is 2.22. The molecule has 1 aliphatic heterocycles. The Labute approximate surface area is 188 Å². The first kappa shape index (κ1) is 21.4. The van der Waals surface area contributed by atoms with Gasteiger partial charge in [0.15, 0.2) is 0 Å². The third-order valence-corrected chi connectivity index (χ3v) is 5.59. The van der Waals surface area contributed by atoms with E-state index in [2.05, 4.69) is 20.9 Å². The van der Waals surface area contributed by atoms with Crippen LogP contribution in [0.1, 0.15) is 28.8 Å². The van der Waals surface area contributed by atoms with Crippen molar-refractivity contribution in [1.82, 2.24) is 0 Å². The van der Waals surface area contributed by atoms with Crippen molar-refractivity contribution in [2.45, 2.75) is 19.8 Å². The summed E-state index contributed by atoms with van der Waals surface area (Å²) in [6, 6.07) is 22.7. The Morgan fingerprint density at radius 1 is 0.844 bits per heavy atom. The van der Waals surface area contributed by atoms with Crippen molar-refractivity contribution in [2.24, 2.45) is 0 Å². The molecule has 4 rings (SSSR count). The molecule has 0 spiro atoms. The lowest BCUT2D eigenvalue weighted by Crippen LogP contribution is -2.22. The highest BCUT2D eigenvalue weighted by atomic mass is 16.2. The zero-order valence-electron chi connectivity index (χ0n) is 18.2. The molecular weight excluding hydrogens is 400 g/mol. The Balaban J connectivity index is 1.33. The zero-order valence-corrected chi connectivity index (χ0v) is 18.2. The van der Waals surface area contributed by atoms with Crippen LogP contribution in [0.25, 0.3) is 0 Å². The summed E-state index contributed by atoms with van der Waals surface area (Å²) in [5, 5.41) is 8.95. The van der Waals surface area contributed by atoms with Crippen LogP contribution in [0, 0.1) is 6.92 Å². The summed E-state index contributed by atoms with van der Waals surface area (Å²) in [5.41, 5.74) is 4.95. The molecule has 0 saturated carbocycles. The summed E-state index contributed by atoms with van der Waals surface area (Å²) in [6.45, 7) is 4.24. The number of benzene rings is 3. The molecule has 2 amide bonds. The summed E-state index contributed by atoms with van der Waals surface area (Å²) in [4.78, 5) is 27.4. The quantitative estimate of drug-likeness (QED) is 0.501.